The van der Waals surface area contributed by atoms with Gasteiger partial charge in [-0.2, -0.15) is 0 Å². The number of carbonyl (C=O) groups is 2. The number of hydrogen-bond acceptors (Lipinski definition) is 4. The SMILES string of the molecule is COc1ccc(N2CC(NC(=O)Nc3ccc(F)cc3F)CC2=O)cc1OC. The highest BCUT2D eigenvalue weighted by molar-refractivity contribution is 5.98. The van der Waals surface area contributed by atoms with Crippen molar-refractivity contribution in [1.29, 1.82) is 0 Å². The minimum atomic E-state index is -0.885. The number of carbonyl (C=O) groups excluding carboxylic acids is 2. The first kappa shape index (κ1) is 19.4. The molecular formula is C19H19F2N3O4. The molecule has 0 aromatic heterocycles. The van der Waals surface area contributed by atoms with Gasteiger partial charge >= 0.3 is 6.03 Å². The summed E-state index contributed by atoms with van der Waals surface area (Å²) in [6.45, 7) is 0.244. The van der Waals surface area contributed by atoms with Crippen molar-refractivity contribution < 1.29 is 27.8 Å². The minimum Gasteiger partial charge on any atom is -0.493 e. The molecule has 1 heterocycles. The molecule has 148 valence electrons. The Labute approximate surface area is 160 Å². The lowest BCUT2D eigenvalue weighted by molar-refractivity contribution is -0.117. The molecule has 1 atom stereocenters. The van der Waals surface area contributed by atoms with E-state index in [1.807, 2.05) is 0 Å². The number of halogens is 2. The van der Waals surface area contributed by atoms with Crippen molar-refractivity contribution in [3.8, 4) is 11.5 Å². The van der Waals surface area contributed by atoms with Crippen molar-refractivity contribution >= 4 is 23.3 Å². The summed E-state index contributed by atoms with van der Waals surface area (Å²) >= 11 is 0. The van der Waals surface area contributed by atoms with Gasteiger partial charge in [0.2, 0.25) is 5.91 Å². The smallest absolute Gasteiger partial charge is 0.319 e. The van der Waals surface area contributed by atoms with Crippen LogP contribution in [0, 0.1) is 11.6 Å². The minimum absolute atomic E-state index is 0.0909. The molecule has 3 rings (SSSR count). The van der Waals surface area contributed by atoms with Crippen molar-refractivity contribution in [3.05, 3.63) is 48.0 Å². The summed E-state index contributed by atoms with van der Waals surface area (Å²) in [5, 5.41) is 4.93. The van der Waals surface area contributed by atoms with E-state index in [2.05, 4.69) is 10.6 Å². The van der Waals surface area contributed by atoms with Gasteiger partial charge in [-0.25, -0.2) is 13.6 Å². The van der Waals surface area contributed by atoms with Gasteiger partial charge in [0.1, 0.15) is 11.6 Å². The Morgan fingerprint density at radius 3 is 2.54 bits per heavy atom. The summed E-state index contributed by atoms with van der Waals surface area (Å²) in [7, 11) is 3.01. The molecule has 1 saturated heterocycles. The van der Waals surface area contributed by atoms with E-state index in [-0.39, 0.29) is 24.6 Å². The van der Waals surface area contributed by atoms with Gasteiger partial charge in [0.15, 0.2) is 11.5 Å². The highest BCUT2D eigenvalue weighted by atomic mass is 19.1. The average Bonchev–Trinajstić information content (AvgIpc) is 3.03. The van der Waals surface area contributed by atoms with E-state index in [1.165, 1.54) is 19.1 Å². The predicted molar refractivity (Wildman–Crippen MR) is 98.8 cm³/mol. The number of rotatable bonds is 5. The predicted octanol–water partition coefficient (Wildman–Crippen LogP) is 2.91. The van der Waals surface area contributed by atoms with E-state index in [9.17, 15) is 18.4 Å². The van der Waals surface area contributed by atoms with E-state index in [4.69, 9.17) is 9.47 Å². The molecule has 0 radical (unpaired) electrons. The fourth-order valence-corrected chi connectivity index (χ4v) is 2.98. The van der Waals surface area contributed by atoms with E-state index in [1.54, 1.807) is 18.2 Å². The number of urea groups is 1. The molecule has 1 unspecified atom stereocenters. The van der Waals surface area contributed by atoms with Crippen LogP contribution in [0.1, 0.15) is 6.42 Å². The lowest BCUT2D eigenvalue weighted by Gasteiger charge is -2.19. The maximum Gasteiger partial charge on any atom is 0.319 e. The van der Waals surface area contributed by atoms with E-state index in [0.717, 1.165) is 12.1 Å². The van der Waals surface area contributed by atoms with E-state index in [0.29, 0.717) is 23.3 Å². The van der Waals surface area contributed by atoms with Crippen LogP contribution in [0.15, 0.2) is 36.4 Å². The molecule has 2 aromatic rings. The van der Waals surface area contributed by atoms with Crippen LogP contribution >= 0.6 is 0 Å². The third-order valence-electron chi connectivity index (χ3n) is 4.32. The molecule has 1 aliphatic heterocycles. The summed E-state index contributed by atoms with van der Waals surface area (Å²) < 4.78 is 37.0. The molecule has 7 nitrogen and oxygen atoms in total. The number of ether oxygens (including phenoxy) is 2. The fourth-order valence-electron chi connectivity index (χ4n) is 2.98. The van der Waals surface area contributed by atoms with Crippen LogP contribution in [0.4, 0.5) is 25.0 Å². The number of amides is 3. The molecule has 0 spiro atoms. The van der Waals surface area contributed by atoms with Crippen LogP contribution in [0.2, 0.25) is 0 Å². The zero-order valence-electron chi connectivity index (χ0n) is 15.3. The van der Waals surface area contributed by atoms with Gasteiger partial charge in [0.25, 0.3) is 0 Å². The van der Waals surface area contributed by atoms with Gasteiger partial charge in [0, 0.05) is 30.8 Å². The first-order chi connectivity index (χ1) is 13.4. The molecule has 0 bridgehead atoms. The highest BCUT2D eigenvalue weighted by Crippen LogP contribution is 2.33. The van der Waals surface area contributed by atoms with Crippen LogP contribution in [0.25, 0.3) is 0 Å². The number of benzene rings is 2. The van der Waals surface area contributed by atoms with Crippen LogP contribution < -0.4 is 25.0 Å². The zero-order chi connectivity index (χ0) is 20.3. The molecule has 28 heavy (non-hydrogen) atoms. The maximum absolute atomic E-state index is 13.6. The standard InChI is InChI=1S/C19H19F2N3O4/c1-27-16-6-4-13(9-17(16)28-2)24-10-12(8-18(24)25)22-19(26)23-15-5-3-11(20)7-14(15)21/h3-7,9,12H,8,10H2,1-2H3,(H2,22,23,26). The highest BCUT2D eigenvalue weighted by Gasteiger charge is 2.32. The number of hydrogen-bond donors (Lipinski definition) is 2. The molecule has 3 amide bonds. The molecule has 2 aromatic carbocycles. The summed E-state index contributed by atoms with van der Waals surface area (Å²) in [6.07, 6.45) is 0.0909. The lowest BCUT2D eigenvalue weighted by Crippen LogP contribution is -2.39. The monoisotopic (exact) mass is 391 g/mol. The molecule has 0 aliphatic carbocycles. The van der Waals surface area contributed by atoms with Crippen LogP contribution in [-0.2, 0) is 4.79 Å². The molecular weight excluding hydrogens is 372 g/mol. The van der Waals surface area contributed by atoms with Gasteiger partial charge in [-0.15, -0.1) is 0 Å². The lowest BCUT2D eigenvalue weighted by atomic mass is 10.2. The fraction of sp³-hybridized carbons (Fsp3) is 0.263. The zero-order valence-corrected chi connectivity index (χ0v) is 15.3. The molecule has 9 heteroatoms. The third kappa shape index (κ3) is 4.13. The van der Waals surface area contributed by atoms with Gasteiger partial charge < -0.3 is 25.0 Å². The van der Waals surface area contributed by atoms with Crippen LogP contribution in [-0.4, -0.2) is 38.7 Å². The first-order valence-electron chi connectivity index (χ1n) is 8.46. The summed E-state index contributed by atoms with van der Waals surface area (Å²) in [5.74, 6) is -0.785. The Balaban J connectivity index is 1.65. The van der Waals surface area contributed by atoms with Crippen molar-refractivity contribution in [3.63, 3.8) is 0 Å². The Morgan fingerprint density at radius 1 is 1.11 bits per heavy atom. The number of anilines is 2. The van der Waals surface area contributed by atoms with Crippen molar-refractivity contribution in [2.45, 2.75) is 12.5 Å². The van der Waals surface area contributed by atoms with E-state index < -0.39 is 23.7 Å². The Bertz CT molecular complexity index is 907. The number of nitrogens with zero attached hydrogens (tertiary/aromatic N) is 1. The molecule has 2 N–H and O–H groups in total. The quantitative estimate of drug-likeness (QED) is 0.822. The van der Waals surface area contributed by atoms with Crippen LogP contribution in [0.3, 0.4) is 0 Å². The van der Waals surface area contributed by atoms with Gasteiger partial charge in [-0.05, 0) is 24.3 Å². The van der Waals surface area contributed by atoms with Crippen molar-refractivity contribution in [2.75, 3.05) is 31.0 Å². The molecule has 1 aliphatic rings. The molecule has 1 fully saturated rings. The van der Waals surface area contributed by atoms with Gasteiger partial charge in [0.05, 0.1) is 25.9 Å². The Morgan fingerprint density at radius 2 is 1.86 bits per heavy atom. The normalized spacial score (nSPS) is 16.1. The summed E-state index contributed by atoms with van der Waals surface area (Å²) in [6, 6.07) is 6.76. The summed E-state index contributed by atoms with van der Waals surface area (Å²) in [4.78, 5) is 26.0. The van der Waals surface area contributed by atoms with E-state index >= 15 is 0 Å². The Kier molecular flexibility index (Phi) is 5.62. The summed E-state index contributed by atoms with van der Waals surface area (Å²) in [5.41, 5.74) is 0.455. The second-order valence-electron chi connectivity index (χ2n) is 6.17. The second-order valence-corrected chi connectivity index (χ2v) is 6.17. The first-order valence-corrected chi connectivity index (χ1v) is 8.46. The van der Waals surface area contributed by atoms with Gasteiger partial charge in [-0.1, -0.05) is 0 Å². The number of methoxy groups -OCH3 is 2. The number of nitrogens with one attached hydrogen (secondary N) is 2. The maximum atomic E-state index is 13.6. The Hall–Kier alpha value is -3.36. The van der Waals surface area contributed by atoms with Crippen molar-refractivity contribution in [2.24, 2.45) is 0 Å². The second kappa shape index (κ2) is 8.12. The third-order valence-corrected chi connectivity index (χ3v) is 4.32. The largest absolute Gasteiger partial charge is 0.493 e. The van der Waals surface area contributed by atoms with Crippen LogP contribution in [0.5, 0.6) is 11.5 Å². The topological polar surface area (TPSA) is 79.9 Å². The molecule has 0 saturated carbocycles. The average molecular weight is 391 g/mol. The van der Waals surface area contributed by atoms with Crippen molar-refractivity contribution in [1.82, 2.24) is 5.32 Å². The van der Waals surface area contributed by atoms with Gasteiger partial charge in [-0.3, -0.25) is 4.79 Å².